The van der Waals surface area contributed by atoms with Gasteiger partial charge in [0.2, 0.25) is 15.9 Å². The van der Waals surface area contributed by atoms with E-state index in [9.17, 15) is 17.2 Å². The molecular weight excluding hydrogens is 428 g/mol. The molecular formula is C20H15F2N5O3S. The standard InChI is InChI=1S/C20H15F2N5O3S/c21-15-10-14(11-16(22)12-15)13-31(28,29)26-17-2-4-18(5-3-17)30-20-7-6-19(24-25-20)27-9-1-8-23-27/h1-12,26H,13H2. The molecule has 2 heterocycles. The van der Waals surface area contributed by atoms with Crippen molar-refractivity contribution >= 4 is 15.7 Å². The van der Waals surface area contributed by atoms with Gasteiger partial charge in [0.15, 0.2) is 5.82 Å². The lowest BCUT2D eigenvalue weighted by Gasteiger charge is -2.10. The first-order chi connectivity index (χ1) is 14.9. The summed E-state index contributed by atoms with van der Waals surface area (Å²) in [6, 6.07) is 13.8. The van der Waals surface area contributed by atoms with Crippen LogP contribution in [0.3, 0.4) is 0 Å². The van der Waals surface area contributed by atoms with Crippen LogP contribution in [0.4, 0.5) is 14.5 Å². The summed E-state index contributed by atoms with van der Waals surface area (Å²) in [7, 11) is -3.87. The predicted octanol–water partition coefficient (Wildman–Crippen LogP) is 3.67. The molecule has 1 N–H and O–H groups in total. The van der Waals surface area contributed by atoms with Crippen LogP contribution >= 0.6 is 0 Å². The van der Waals surface area contributed by atoms with Crippen LogP contribution in [0.2, 0.25) is 0 Å². The molecule has 0 spiro atoms. The predicted molar refractivity (Wildman–Crippen MR) is 108 cm³/mol. The first-order valence-electron chi connectivity index (χ1n) is 8.93. The molecule has 0 radical (unpaired) electrons. The fourth-order valence-electron chi connectivity index (χ4n) is 2.74. The maximum Gasteiger partial charge on any atom is 0.238 e. The summed E-state index contributed by atoms with van der Waals surface area (Å²) >= 11 is 0. The number of halogens is 2. The molecule has 0 unspecified atom stereocenters. The van der Waals surface area contributed by atoms with Crippen LogP contribution in [0.25, 0.3) is 5.82 Å². The highest BCUT2D eigenvalue weighted by Crippen LogP contribution is 2.22. The van der Waals surface area contributed by atoms with Gasteiger partial charge >= 0.3 is 0 Å². The molecule has 0 aliphatic heterocycles. The molecule has 2 aromatic carbocycles. The van der Waals surface area contributed by atoms with Crippen molar-refractivity contribution in [3.8, 4) is 17.4 Å². The zero-order chi connectivity index (χ0) is 21.8. The maximum atomic E-state index is 13.3. The van der Waals surface area contributed by atoms with Gasteiger partial charge in [-0.1, -0.05) is 0 Å². The minimum atomic E-state index is -3.87. The second kappa shape index (κ2) is 8.48. The van der Waals surface area contributed by atoms with Crippen molar-refractivity contribution in [3.05, 3.63) is 90.3 Å². The molecule has 31 heavy (non-hydrogen) atoms. The third kappa shape index (κ3) is 5.39. The summed E-state index contributed by atoms with van der Waals surface area (Å²) in [6.45, 7) is 0. The van der Waals surface area contributed by atoms with Crippen LogP contribution in [0.1, 0.15) is 5.56 Å². The number of hydrogen-bond acceptors (Lipinski definition) is 6. The highest BCUT2D eigenvalue weighted by molar-refractivity contribution is 7.91. The molecule has 0 fully saturated rings. The van der Waals surface area contributed by atoms with Crippen molar-refractivity contribution < 1.29 is 21.9 Å². The molecule has 11 heteroatoms. The monoisotopic (exact) mass is 443 g/mol. The molecule has 4 aromatic rings. The molecule has 0 saturated carbocycles. The van der Waals surface area contributed by atoms with Gasteiger partial charge in [-0.2, -0.15) is 5.10 Å². The van der Waals surface area contributed by atoms with E-state index >= 15 is 0 Å². The van der Waals surface area contributed by atoms with Gasteiger partial charge in [-0.05, 0) is 54.1 Å². The van der Waals surface area contributed by atoms with E-state index in [-0.39, 0.29) is 17.1 Å². The SMILES string of the molecule is O=S(=O)(Cc1cc(F)cc(F)c1)Nc1ccc(Oc2ccc(-n3cccn3)nn2)cc1. The topological polar surface area (TPSA) is 99.0 Å². The van der Waals surface area contributed by atoms with Crippen molar-refractivity contribution in [1.29, 1.82) is 0 Å². The zero-order valence-electron chi connectivity index (χ0n) is 15.8. The van der Waals surface area contributed by atoms with E-state index in [1.54, 1.807) is 47.4 Å². The second-order valence-electron chi connectivity index (χ2n) is 6.45. The third-order valence-corrected chi connectivity index (χ3v) is 5.25. The third-order valence-electron chi connectivity index (χ3n) is 3.99. The molecule has 0 aliphatic rings. The summed E-state index contributed by atoms with van der Waals surface area (Å²) in [6.07, 6.45) is 3.35. The summed E-state index contributed by atoms with van der Waals surface area (Å²) in [5, 5.41) is 12.0. The number of ether oxygens (including phenoxy) is 1. The molecule has 0 amide bonds. The maximum absolute atomic E-state index is 13.3. The van der Waals surface area contributed by atoms with Gasteiger partial charge < -0.3 is 4.74 Å². The molecule has 0 bridgehead atoms. The highest BCUT2D eigenvalue weighted by atomic mass is 32.2. The number of anilines is 1. The lowest BCUT2D eigenvalue weighted by Crippen LogP contribution is -2.15. The van der Waals surface area contributed by atoms with Crippen LogP contribution in [-0.4, -0.2) is 28.4 Å². The van der Waals surface area contributed by atoms with Gasteiger partial charge in [0.25, 0.3) is 0 Å². The minimum Gasteiger partial charge on any atom is -0.438 e. The Balaban J connectivity index is 1.39. The Kier molecular flexibility index (Phi) is 5.58. The van der Waals surface area contributed by atoms with E-state index in [1.807, 2.05) is 0 Å². The minimum absolute atomic E-state index is 0.00193. The number of sulfonamides is 1. The van der Waals surface area contributed by atoms with Gasteiger partial charge in [0, 0.05) is 30.2 Å². The highest BCUT2D eigenvalue weighted by Gasteiger charge is 2.14. The van der Waals surface area contributed by atoms with E-state index in [0.717, 1.165) is 12.1 Å². The Labute approximate surface area is 176 Å². The van der Waals surface area contributed by atoms with Crippen molar-refractivity contribution in [2.24, 2.45) is 0 Å². The second-order valence-corrected chi connectivity index (χ2v) is 8.17. The zero-order valence-corrected chi connectivity index (χ0v) is 16.6. The van der Waals surface area contributed by atoms with Gasteiger partial charge in [0.1, 0.15) is 17.4 Å². The Hall–Kier alpha value is -3.86. The Morgan fingerprint density at radius 1 is 0.968 bits per heavy atom. The lowest BCUT2D eigenvalue weighted by molar-refractivity contribution is 0.454. The molecule has 8 nitrogen and oxygen atoms in total. The number of nitrogens with zero attached hydrogens (tertiary/aromatic N) is 4. The van der Waals surface area contributed by atoms with Crippen LogP contribution in [-0.2, 0) is 15.8 Å². The van der Waals surface area contributed by atoms with E-state index in [0.29, 0.717) is 17.6 Å². The van der Waals surface area contributed by atoms with E-state index in [1.165, 1.54) is 12.1 Å². The van der Waals surface area contributed by atoms with E-state index < -0.39 is 27.4 Å². The summed E-state index contributed by atoms with van der Waals surface area (Å²) in [4.78, 5) is 0. The summed E-state index contributed by atoms with van der Waals surface area (Å²) in [5.74, 6) is -1.06. The molecule has 2 aromatic heterocycles. The van der Waals surface area contributed by atoms with Gasteiger partial charge in [0.05, 0.1) is 5.75 Å². The van der Waals surface area contributed by atoms with Crippen LogP contribution < -0.4 is 9.46 Å². The smallest absolute Gasteiger partial charge is 0.238 e. The van der Waals surface area contributed by atoms with E-state index in [2.05, 4.69) is 20.0 Å². The van der Waals surface area contributed by atoms with Crippen LogP contribution in [0, 0.1) is 11.6 Å². The summed E-state index contributed by atoms with van der Waals surface area (Å²) in [5.41, 5.74) is 0.270. The Morgan fingerprint density at radius 2 is 1.71 bits per heavy atom. The molecule has 0 aliphatic carbocycles. The first kappa shape index (κ1) is 20.4. The molecule has 0 saturated heterocycles. The van der Waals surface area contributed by atoms with Gasteiger partial charge in [-0.15, -0.1) is 10.2 Å². The number of rotatable bonds is 7. The first-order valence-corrected chi connectivity index (χ1v) is 10.6. The van der Waals surface area contributed by atoms with E-state index in [4.69, 9.17) is 4.74 Å². The largest absolute Gasteiger partial charge is 0.438 e. The van der Waals surface area contributed by atoms with Gasteiger partial charge in [-0.25, -0.2) is 21.9 Å². The van der Waals surface area contributed by atoms with Gasteiger partial charge in [-0.3, -0.25) is 4.72 Å². The molecule has 0 atom stereocenters. The number of aromatic nitrogens is 4. The lowest BCUT2D eigenvalue weighted by atomic mass is 10.2. The normalized spacial score (nSPS) is 11.3. The van der Waals surface area contributed by atoms with Crippen molar-refractivity contribution in [1.82, 2.24) is 20.0 Å². The Morgan fingerprint density at radius 3 is 2.32 bits per heavy atom. The van der Waals surface area contributed by atoms with Crippen molar-refractivity contribution in [2.45, 2.75) is 5.75 Å². The average Bonchev–Trinajstić information content (AvgIpc) is 3.23. The molecule has 4 rings (SSSR count). The number of benzene rings is 2. The van der Waals surface area contributed by atoms with Crippen LogP contribution in [0.5, 0.6) is 11.6 Å². The van der Waals surface area contributed by atoms with Crippen molar-refractivity contribution in [2.75, 3.05) is 4.72 Å². The van der Waals surface area contributed by atoms with Crippen molar-refractivity contribution in [3.63, 3.8) is 0 Å². The number of nitrogens with one attached hydrogen (secondary N) is 1. The average molecular weight is 443 g/mol. The summed E-state index contributed by atoms with van der Waals surface area (Å²) < 4.78 is 60.6. The Bertz CT molecular complexity index is 1260. The quantitative estimate of drug-likeness (QED) is 0.468. The molecule has 158 valence electrons. The fourth-order valence-corrected chi connectivity index (χ4v) is 3.91. The number of hydrogen-bond donors (Lipinski definition) is 1. The van der Waals surface area contributed by atoms with Crippen LogP contribution in [0.15, 0.2) is 73.1 Å². The fraction of sp³-hybridized carbons (Fsp3) is 0.0500.